The second-order valence-corrected chi connectivity index (χ2v) is 7.88. The summed E-state index contributed by atoms with van der Waals surface area (Å²) in [7, 11) is 0. The van der Waals surface area contributed by atoms with Crippen molar-refractivity contribution in [1.29, 1.82) is 0 Å². The topological polar surface area (TPSA) is 90.0 Å². The highest BCUT2D eigenvalue weighted by molar-refractivity contribution is 5.92. The summed E-state index contributed by atoms with van der Waals surface area (Å²) in [5.41, 5.74) is 4.95. The molecule has 8 nitrogen and oxygen atoms in total. The SMILES string of the molecule is O=C(Cn1ccc2ccccc21)Nc1ccc(-c2ccc3nnc(-c4cccnc4)n3n2)cc1. The van der Waals surface area contributed by atoms with Crippen molar-refractivity contribution in [3.8, 4) is 22.6 Å². The third-order valence-corrected chi connectivity index (χ3v) is 5.64. The van der Waals surface area contributed by atoms with Gasteiger partial charge in [-0.3, -0.25) is 9.78 Å². The summed E-state index contributed by atoms with van der Waals surface area (Å²) in [6, 6.07) is 25.2. The number of para-hydroxylation sites is 1. The Morgan fingerprint density at radius 3 is 2.59 bits per heavy atom. The lowest BCUT2D eigenvalue weighted by atomic mass is 10.1. The van der Waals surface area contributed by atoms with Crippen molar-refractivity contribution in [1.82, 2.24) is 29.4 Å². The van der Waals surface area contributed by atoms with E-state index in [4.69, 9.17) is 5.10 Å². The van der Waals surface area contributed by atoms with E-state index in [1.54, 1.807) is 16.9 Å². The Balaban J connectivity index is 1.21. The smallest absolute Gasteiger partial charge is 0.244 e. The molecule has 0 saturated carbocycles. The van der Waals surface area contributed by atoms with Crippen LogP contribution in [0.5, 0.6) is 0 Å². The number of hydrogen-bond acceptors (Lipinski definition) is 5. The minimum Gasteiger partial charge on any atom is -0.338 e. The molecule has 164 valence electrons. The molecule has 1 N–H and O–H groups in total. The molecule has 0 bridgehead atoms. The molecule has 4 heterocycles. The van der Waals surface area contributed by atoms with Crippen LogP contribution >= 0.6 is 0 Å². The van der Waals surface area contributed by atoms with Gasteiger partial charge in [-0.05, 0) is 53.9 Å². The van der Waals surface area contributed by atoms with Gasteiger partial charge in [0.2, 0.25) is 5.91 Å². The number of aromatic nitrogens is 6. The maximum atomic E-state index is 12.6. The molecule has 1 amide bonds. The largest absolute Gasteiger partial charge is 0.338 e. The van der Waals surface area contributed by atoms with E-state index in [2.05, 4.69) is 20.5 Å². The van der Waals surface area contributed by atoms with Crippen molar-refractivity contribution >= 4 is 28.1 Å². The fourth-order valence-electron chi connectivity index (χ4n) is 3.98. The van der Waals surface area contributed by atoms with Crippen LogP contribution in [0.1, 0.15) is 0 Å². The first-order valence-corrected chi connectivity index (χ1v) is 10.8. The Bertz CT molecular complexity index is 1620. The molecular weight excluding hydrogens is 426 g/mol. The third-order valence-electron chi connectivity index (χ3n) is 5.64. The number of fused-ring (bicyclic) bond motifs is 2. The first-order chi connectivity index (χ1) is 16.7. The standard InChI is InChI=1S/C26H19N7O/c34-25(17-32-15-13-19-4-1-2-6-23(19)32)28-21-9-7-18(8-10-21)22-11-12-24-29-30-26(33(24)31-22)20-5-3-14-27-16-20/h1-16H,17H2,(H,28,34). The molecule has 0 aliphatic rings. The highest BCUT2D eigenvalue weighted by atomic mass is 16.1. The molecule has 0 radical (unpaired) electrons. The normalized spacial score (nSPS) is 11.2. The van der Waals surface area contributed by atoms with Gasteiger partial charge in [-0.25, -0.2) is 0 Å². The fourth-order valence-corrected chi connectivity index (χ4v) is 3.98. The van der Waals surface area contributed by atoms with Gasteiger partial charge in [0.1, 0.15) is 6.54 Å². The van der Waals surface area contributed by atoms with Crippen LogP contribution in [-0.4, -0.2) is 35.3 Å². The van der Waals surface area contributed by atoms with Crippen molar-refractivity contribution in [2.45, 2.75) is 6.54 Å². The fraction of sp³-hybridized carbons (Fsp3) is 0.0385. The monoisotopic (exact) mass is 445 g/mol. The Kier molecular flexibility index (Phi) is 4.81. The van der Waals surface area contributed by atoms with E-state index in [-0.39, 0.29) is 12.5 Å². The zero-order valence-corrected chi connectivity index (χ0v) is 18.0. The van der Waals surface area contributed by atoms with Gasteiger partial charge in [0.25, 0.3) is 0 Å². The second-order valence-electron chi connectivity index (χ2n) is 7.88. The van der Waals surface area contributed by atoms with E-state index in [0.717, 1.165) is 33.4 Å². The van der Waals surface area contributed by atoms with Crippen LogP contribution in [0, 0.1) is 0 Å². The molecule has 8 heteroatoms. The van der Waals surface area contributed by atoms with Crippen LogP contribution in [0.15, 0.2) is 97.5 Å². The lowest BCUT2D eigenvalue weighted by Gasteiger charge is -2.09. The summed E-state index contributed by atoms with van der Waals surface area (Å²) in [5, 5.41) is 17.3. The summed E-state index contributed by atoms with van der Waals surface area (Å²) >= 11 is 0. The van der Waals surface area contributed by atoms with Crippen molar-refractivity contribution in [2.75, 3.05) is 5.32 Å². The van der Waals surface area contributed by atoms with E-state index < -0.39 is 0 Å². The molecule has 6 aromatic rings. The van der Waals surface area contributed by atoms with Gasteiger partial charge < -0.3 is 9.88 Å². The van der Waals surface area contributed by atoms with Crippen molar-refractivity contribution in [3.05, 3.63) is 97.5 Å². The highest BCUT2D eigenvalue weighted by Crippen LogP contribution is 2.22. The van der Waals surface area contributed by atoms with Crippen LogP contribution in [-0.2, 0) is 11.3 Å². The summed E-state index contributed by atoms with van der Waals surface area (Å²) in [5.74, 6) is 0.547. The van der Waals surface area contributed by atoms with Crippen molar-refractivity contribution in [3.63, 3.8) is 0 Å². The van der Waals surface area contributed by atoms with Gasteiger partial charge in [0, 0.05) is 40.9 Å². The van der Waals surface area contributed by atoms with Gasteiger partial charge in [0.05, 0.1) is 5.69 Å². The first kappa shape index (κ1) is 19.8. The number of benzene rings is 2. The minimum absolute atomic E-state index is 0.0840. The molecule has 0 spiro atoms. The van der Waals surface area contributed by atoms with E-state index in [9.17, 15) is 4.79 Å². The number of anilines is 1. The number of carbonyl (C=O) groups excluding carboxylic acids is 1. The van der Waals surface area contributed by atoms with Crippen LogP contribution in [0.25, 0.3) is 39.2 Å². The molecular formula is C26H19N7O. The Morgan fingerprint density at radius 1 is 0.853 bits per heavy atom. The lowest BCUT2D eigenvalue weighted by Crippen LogP contribution is -2.18. The third kappa shape index (κ3) is 3.67. The molecule has 0 atom stereocenters. The summed E-state index contributed by atoms with van der Waals surface area (Å²) in [6.45, 7) is 0.248. The van der Waals surface area contributed by atoms with Gasteiger partial charge >= 0.3 is 0 Å². The predicted molar refractivity (Wildman–Crippen MR) is 130 cm³/mol. The van der Waals surface area contributed by atoms with Crippen LogP contribution < -0.4 is 5.32 Å². The van der Waals surface area contributed by atoms with E-state index >= 15 is 0 Å². The maximum absolute atomic E-state index is 12.6. The van der Waals surface area contributed by atoms with Crippen LogP contribution in [0.2, 0.25) is 0 Å². The zero-order valence-electron chi connectivity index (χ0n) is 18.0. The van der Waals surface area contributed by atoms with E-state index in [0.29, 0.717) is 11.5 Å². The number of amides is 1. The van der Waals surface area contributed by atoms with Crippen molar-refractivity contribution < 1.29 is 4.79 Å². The predicted octanol–water partition coefficient (Wildman–Crippen LogP) is 4.45. The van der Waals surface area contributed by atoms with Gasteiger partial charge in [0.15, 0.2) is 11.5 Å². The number of nitrogens with one attached hydrogen (secondary N) is 1. The van der Waals surface area contributed by atoms with Gasteiger partial charge in [-0.2, -0.15) is 9.61 Å². The molecule has 2 aromatic carbocycles. The Hall–Kier alpha value is -4.85. The van der Waals surface area contributed by atoms with Crippen molar-refractivity contribution in [2.24, 2.45) is 0 Å². The number of pyridine rings is 1. The quantitative estimate of drug-likeness (QED) is 0.424. The zero-order chi connectivity index (χ0) is 22.9. The maximum Gasteiger partial charge on any atom is 0.244 e. The molecule has 4 aromatic heterocycles. The van der Waals surface area contributed by atoms with Crippen LogP contribution in [0.3, 0.4) is 0 Å². The Morgan fingerprint density at radius 2 is 1.74 bits per heavy atom. The van der Waals surface area contributed by atoms with E-state index in [1.165, 1.54) is 0 Å². The van der Waals surface area contributed by atoms with Gasteiger partial charge in [-0.1, -0.05) is 30.3 Å². The van der Waals surface area contributed by atoms with E-state index in [1.807, 2.05) is 89.6 Å². The summed E-state index contributed by atoms with van der Waals surface area (Å²) < 4.78 is 3.65. The molecule has 6 rings (SSSR count). The lowest BCUT2D eigenvalue weighted by molar-refractivity contribution is -0.116. The minimum atomic E-state index is -0.0840. The molecule has 0 saturated heterocycles. The number of nitrogens with zero attached hydrogens (tertiary/aromatic N) is 6. The Labute approximate surface area is 194 Å². The first-order valence-electron chi connectivity index (χ1n) is 10.8. The highest BCUT2D eigenvalue weighted by Gasteiger charge is 2.11. The summed E-state index contributed by atoms with van der Waals surface area (Å²) in [4.78, 5) is 16.8. The average molecular weight is 445 g/mol. The summed E-state index contributed by atoms with van der Waals surface area (Å²) in [6.07, 6.45) is 5.38. The molecule has 0 aliphatic carbocycles. The number of hydrogen-bond donors (Lipinski definition) is 1. The molecule has 0 aliphatic heterocycles. The number of carbonyl (C=O) groups is 1. The number of rotatable bonds is 5. The van der Waals surface area contributed by atoms with Gasteiger partial charge in [-0.15, -0.1) is 10.2 Å². The van der Waals surface area contributed by atoms with Crippen LogP contribution in [0.4, 0.5) is 5.69 Å². The second kappa shape index (κ2) is 8.25. The molecule has 34 heavy (non-hydrogen) atoms. The molecule has 0 unspecified atom stereocenters. The average Bonchev–Trinajstić information content (AvgIpc) is 3.49. The molecule has 0 fully saturated rings.